The number of rotatable bonds is 5. The Labute approximate surface area is 155 Å². The summed E-state index contributed by atoms with van der Waals surface area (Å²) in [4.78, 5) is 24.5. The van der Waals surface area contributed by atoms with E-state index in [0.29, 0.717) is 17.1 Å². The number of anilines is 2. The number of nitrogens with two attached hydrogens (primary N) is 1. The van der Waals surface area contributed by atoms with Gasteiger partial charge in [0.25, 0.3) is 5.91 Å². The van der Waals surface area contributed by atoms with Crippen molar-refractivity contribution >= 4 is 28.9 Å². The van der Waals surface area contributed by atoms with Crippen molar-refractivity contribution in [3.8, 4) is 5.75 Å². The number of hydrazone groups is 1. The number of nitrogens with zero attached hydrogens (tertiary/aromatic N) is 2. The van der Waals surface area contributed by atoms with Gasteiger partial charge in [0.2, 0.25) is 5.91 Å². The number of amides is 2. The van der Waals surface area contributed by atoms with Gasteiger partial charge in [-0.15, -0.1) is 0 Å². The topological polar surface area (TPSA) is 97.0 Å². The van der Waals surface area contributed by atoms with Crippen molar-refractivity contribution in [3.05, 3.63) is 53.8 Å². The number of carbonyl (C=O) groups is 2. The third kappa shape index (κ3) is 3.89. The normalized spacial score (nSPS) is 16.0. The first kappa shape index (κ1) is 18.4. The van der Waals surface area contributed by atoms with Crippen LogP contribution in [-0.2, 0) is 9.59 Å². The van der Waals surface area contributed by atoms with Crippen molar-refractivity contribution in [2.24, 2.45) is 10.8 Å². The summed E-state index contributed by atoms with van der Waals surface area (Å²) in [7, 11) is 1.51. The highest BCUT2D eigenvalue weighted by atomic mass is 19.1. The van der Waals surface area contributed by atoms with Crippen LogP contribution in [0.4, 0.5) is 15.8 Å². The van der Waals surface area contributed by atoms with Crippen LogP contribution >= 0.6 is 0 Å². The van der Waals surface area contributed by atoms with Crippen LogP contribution < -0.4 is 20.8 Å². The lowest BCUT2D eigenvalue weighted by atomic mass is 10.1. The average molecular weight is 370 g/mol. The van der Waals surface area contributed by atoms with E-state index in [1.165, 1.54) is 36.4 Å². The zero-order valence-electron chi connectivity index (χ0n) is 14.9. The van der Waals surface area contributed by atoms with Gasteiger partial charge in [0, 0.05) is 6.42 Å². The Kier molecular flexibility index (Phi) is 5.07. The molecule has 8 heteroatoms. The molecule has 2 aromatic carbocycles. The molecule has 0 aliphatic carbocycles. The fourth-order valence-corrected chi connectivity index (χ4v) is 2.81. The third-order valence-corrected chi connectivity index (χ3v) is 4.20. The molecule has 27 heavy (non-hydrogen) atoms. The molecule has 7 nitrogen and oxygen atoms in total. The molecule has 0 fully saturated rings. The smallest absolute Gasteiger partial charge is 0.272 e. The van der Waals surface area contributed by atoms with Crippen molar-refractivity contribution < 1.29 is 18.7 Å². The van der Waals surface area contributed by atoms with Crippen molar-refractivity contribution in [3.63, 3.8) is 0 Å². The number of hydrogen-bond donors (Lipinski definition) is 2. The van der Waals surface area contributed by atoms with E-state index in [1.807, 2.05) is 13.0 Å². The van der Waals surface area contributed by atoms with Crippen LogP contribution in [0.25, 0.3) is 0 Å². The predicted molar refractivity (Wildman–Crippen MR) is 100 cm³/mol. The van der Waals surface area contributed by atoms with Crippen molar-refractivity contribution in [2.75, 3.05) is 17.4 Å². The Morgan fingerprint density at radius 2 is 1.96 bits per heavy atom. The Morgan fingerprint density at radius 1 is 1.26 bits per heavy atom. The molecule has 2 amide bonds. The first-order valence-electron chi connectivity index (χ1n) is 8.26. The van der Waals surface area contributed by atoms with E-state index in [1.54, 1.807) is 12.1 Å². The van der Waals surface area contributed by atoms with E-state index in [0.717, 1.165) is 5.56 Å². The van der Waals surface area contributed by atoms with Crippen LogP contribution in [0.1, 0.15) is 12.0 Å². The van der Waals surface area contributed by atoms with E-state index in [9.17, 15) is 14.0 Å². The summed E-state index contributed by atoms with van der Waals surface area (Å²) in [5.74, 6) is -0.995. The number of ether oxygens (including phenoxy) is 1. The molecule has 1 atom stereocenters. The Hall–Kier alpha value is -3.42. The van der Waals surface area contributed by atoms with Gasteiger partial charge in [-0.25, -0.2) is 4.39 Å². The number of aryl methyl sites for hydroxylation is 1. The second-order valence-electron chi connectivity index (χ2n) is 6.15. The fraction of sp³-hybridized carbons (Fsp3) is 0.211. The number of primary amides is 1. The monoisotopic (exact) mass is 370 g/mol. The molecule has 1 heterocycles. The zero-order valence-corrected chi connectivity index (χ0v) is 14.9. The summed E-state index contributed by atoms with van der Waals surface area (Å²) in [6.45, 7) is 1.89. The van der Waals surface area contributed by atoms with Crippen LogP contribution in [0.15, 0.2) is 47.6 Å². The van der Waals surface area contributed by atoms with Crippen molar-refractivity contribution in [1.82, 2.24) is 0 Å². The minimum atomic E-state index is -0.824. The van der Waals surface area contributed by atoms with Gasteiger partial charge in [-0.3, -0.25) is 14.6 Å². The maximum atomic E-state index is 13.2. The molecule has 1 aliphatic heterocycles. The summed E-state index contributed by atoms with van der Waals surface area (Å²) in [6.07, 6.45) is 0.0483. The van der Waals surface area contributed by atoms with Crippen molar-refractivity contribution in [1.29, 1.82) is 0 Å². The highest BCUT2D eigenvalue weighted by Crippen LogP contribution is 2.28. The van der Waals surface area contributed by atoms with Gasteiger partial charge >= 0.3 is 0 Å². The minimum Gasteiger partial charge on any atom is -0.495 e. The molecular weight excluding hydrogens is 351 g/mol. The van der Waals surface area contributed by atoms with Gasteiger partial charge in [0.05, 0.1) is 18.5 Å². The molecule has 0 spiro atoms. The van der Waals surface area contributed by atoms with Crippen LogP contribution in [0, 0.1) is 12.7 Å². The molecule has 1 unspecified atom stereocenters. The van der Waals surface area contributed by atoms with Gasteiger partial charge < -0.3 is 15.8 Å². The highest BCUT2D eigenvalue weighted by molar-refractivity contribution is 6.44. The molecule has 0 radical (unpaired) electrons. The molecular formula is C19H19FN4O3. The fourth-order valence-electron chi connectivity index (χ4n) is 2.81. The second kappa shape index (κ2) is 7.45. The number of halogens is 1. The van der Waals surface area contributed by atoms with Crippen LogP contribution in [0.5, 0.6) is 5.75 Å². The van der Waals surface area contributed by atoms with Crippen molar-refractivity contribution in [2.45, 2.75) is 19.4 Å². The molecule has 0 aromatic heterocycles. The number of carbonyl (C=O) groups excluding carboxylic acids is 2. The van der Waals surface area contributed by atoms with E-state index >= 15 is 0 Å². The second-order valence-corrected chi connectivity index (χ2v) is 6.15. The first-order chi connectivity index (χ1) is 12.9. The average Bonchev–Trinajstić information content (AvgIpc) is 3.08. The summed E-state index contributed by atoms with van der Waals surface area (Å²) in [5, 5.41) is 8.33. The molecule has 3 rings (SSSR count). The van der Waals surface area contributed by atoms with Gasteiger partial charge in [-0.05, 0) is 48.9 Å². The molecule has 0 saturated heterocycles. The SMILES string of the molecule is COc1ccc(C)cc1NC(=O)C1=NN(c2ccc(F)cc2)C(C(N)=O)C1. The standard InChI is InChI=1S/C19H19FN4O3/c1-11-3-8-17(27-2)14(9-11)22-19(26)15-10-16(18(21)25)24(23-15)13-6-4-12(20)5-7-13/h3-9,16H,10H2,1-2H3,(H2,21,25)(H,22,26). The maximum Gasteiger partial charge on any atom is 0.272 e. The van der Waals surface area contributed by atoms with Gasteiger partial charge in [0.15, 0.2) is 0 Å². The van der Waals surface area contributed by atoms with Crippen LogP contribution in [0.3, 0.4) is 0 Å². The minimum absolute atomic E-state index is 0.0483. The lowest BCUT2D eigenvalue weighted by Gasteiger charge is -2.20. The zero-order chi connectivity index (χ0) is 19.6. The first-order valence-corrected chi connectivity index (χ1v) is 8.26. The summed E-state index contributed by atoms with van der Waals surface area (Å²) in [5.41, 5.74) is 7.52. The lowest BCUT2D eigenvalue weighted by Crippen LogP contribution is -2.39. The van der Waals surface area contributed by atoms with Gasteiger partial charge in [-0.2, -0.15) is 5.10 Å². The Morgan fingerprint density at radius 3 is 2.59 bits per heavy atom. The molecule has 2 aromatic rings. The number of hydrogen-bond acceptors (Lipinski definition) is 5. The maximum absolute atomic E-state index is 13.2. The van der Waals surface area contributed by atoms with Gasteiger partial charge in [0.1, 0.15) is 23.3 Å². The summed E-state index contributed by atoms with van der Waals surface area (Å²) < 4.78 is 18.4. The largest absolute Gasteiger partial charge is 0.495 e. The molecule has 0 bridgehead atoms. The van der Waals surface area contributed by atoms with Crippen LogP contribution in [-0.4, -0.2) is 30.7 Å². The number of benzene rings is 2. The van der Waals surface area contributed by atoms with Crippen LogP contribution in [0.2, 0.25) is 0 Å². The van der Waals surface area contributed by atoms with E-state index in [2.05, 4.69) is 10.4 Å². The number of methoxy groups -OCH3 is 1. The van der Waals surface area contributed by atoms with Gasteiger partial charge in [-0.1, -0.05) is 6.07 Å². The quantitative estimate of drug-likeness (QED) is 0.843. The molecule has 1 aliphatic rings. The number of nitrogens with one attached hydrogen (secondary N) is 1. The molecule has 3 N–H and O–H groups in total. The predicted octanol–water partition coefficient (Wildman–Crippen LogP) is 2.20. The van der Waals surface area contributed by atoms with E-state index in [-0.39, 0.29) is 12.1 Å². The lowest BCUT2D eigenvalue weighted by molar-refractivity contribution is -0.119. The van der Waals surface area contributed by atoms with E-state index < -0.39 is 23.7 Å². The highest BCUT2D eigenvalue weighted by Gasteiger charge is 2.35. The molecule has 140 valence electrons. The summed E-state index contributed by atoms with van der Waals surface area (Å²) in [6, 6.07) is 10.0. The summed E-state index contributed by atoms with van der Waals surface area (Å²) >= 11 is 0. The Balaban J connectivity index is 1.86. The third-order valence-electron chi connectivity index (χ3n) is 4.20. The van der Waals surface area contributed by atoms with E-state index in [4.69, 9.17) is 10.5 Å². The Bertz CT molecular complexity index is 912. The molecule has 0 saturated carbocycles.